The van der Waals surface area contributed by atoms with E-state index < -0.39 is 0 Å². The van der Waals surface area contributed by atoms with E-state index >= 15 is 0 Å². The molecule has 4 heteroatoms. The van der Waals surface area contributed by atoms with Gasteiger partial charge in [0.1, 0.15) is 0 Å². The first-order valence-corrected chi connectivity index (χ1v) is 10.1. The highest BCUT2D eigenvalue weighted by Crippen LogP contribution is 2.21. The van der Waals surface area contributed by atoms with E-state index in [1.54, 1.807) is 0 Å². The van der Waals surface area contributed by atoms with Crippen molar-refractivity contribution in [1.29, 1.82) is 0 Å². The van der Waals surface area contributed by atoms with Gasteiger partial charge in [-0.05, 0) is 35.5 Å². The zero-order valence-corrected chi connectivity index (χ0v) is 17.0. The number of nitrogens with one attached hydrogen (secondary N) is 1. The summed E-state index contributed by atoms with van der Waals surface area (Å²) in [5.41, 5.74) is 6.01. The Labute approximate surface area is 182 Å². The fourth-order valence-electron chi connectivity index (χ4n) is 3.02. The Hall–Kier alpha value is -4.31. The Balaban J connectivity index is 0.000000158. The number of benzene rings is 4. The van der Waals surface area contributed by atoms with Gasteiger partial charge < -0.3 is 5.32 Å². The Morgan fingerprint density at radius 2 is 0.774 bits per heavy atom. The van der Waals surface area contributed by atoms with Crippen molar-refractivity contribution in [1.82, 2.24) is 15.4 Å². The van der Waals surface area contributed by atoms with Crippen molar-refractivity contribution >= 4 is 11.4 Å². The molecule has 0 saturated carbocycles. The number of aromatic nitrogens is 3. The average Bonchev–Trinajstić information content (AvgIpc) is 2.87. The van der Waals surface area contributed by atoms with Gasteiger partial charge in [-0.3, -0.25) is 0 Å². The molecule has 5 rings (SSSR count). The van der Waals surface area contributed by atoms with Crippen LogP contribution in [0.5, 0.6) is 0 Å². The summed E-state index contributed by atoms with van der Waals surface area (Å²) in [7, 11) is 0. The van der Waals surface area contributed by atoms with E-state index in [1.165, 1.54) is 0 Å². The second-order valence-electron chi connectivity index (χ2n) is 6.79. The molecule has 0 fully saturated rings. The predicted octanol–water partition coefficient (Wildman–Crippen LogP) is 6.64. The molecule has 0 saturated heterocycles. The molecule has 0 aliphatic rings. The van der Waals surface area contributed by atoms with Crippen LogP contribution in [-0.2, 0) is 0 Å². The van der Waals surface area contributed by atoms with E-state index in [2.05, 4.69) is 20.7 Å². The van der Waals surface area contributed by atoms with E-state index in [-0.39, 0.29) is 0 Å². The lowest BCUT2D eigenvalue weighted by Gasteiger charge is -2.04. The summed E-state index contributed by atoms with van der Waals surface area (Å²) in [5, 5.41) is 15.3. The average molecular weight is 403 g/mol. The molecule has 0 bridgehead atoms. The SMILES string of the molecule is c1ccc(-c2cc(-c3ccccc3)nnn2)cc1.c1ccc(Nc2ccccc2)cc1. The summed E-state index contributed by atoms with van der Waals surface area (Å²) in [5.74, 6) is 0. The fraction of sp³-hybridized carbons (Fsp3) is 0. The molecule has 0 amide bonds. The van der Waals surface area contributed by atoms with Crippen LogP contribution >= 0.6 is 0 Å². The van der Waals surface area contributed by atoms with Crippen molar-refractivity contribution in [3.05, 3.63) is 127 Å². The summed E-state index contributed by atoms with van der Waals surface area (Å²) in [6, 6.07) is 42.2. The molecule has 0 radical (unpaired) electrons. The Morgan fingerprint density at radius 3 is 1.16 bits per heavy atom. The van der Waals surface area contributed by atoms with Gasteiger partial charge in [0.05, 0.1) is 11.4 Å². The molecule has 0 aliphatic carbocycles. The zero-order chi connectivity index (χ0) is 21.1. The van der Waals surface area contributed by atoms with Crippen molar-refractivity contribution < 1.29 is 0 Å². The number of hydrogen-bond acceptors (Lipinski definition) is 4. The molecule has 0 aliphatic heterocycles. The van der Waals surface area contributed by atoms with E-state index in [1.807, 2.05) is 127 Å². The quantitative estimate of drug-likeness (QED) is 0.366. The summed E-state index contributed by atoms with van der Waals surface area (Å²) < 4.78 is 0. The van der Waals surface area contributed by atoms with Crippen LogP contribution in [0.1, 0.15) is 0 Å². The lowest BCUT2D eigenvalue weighted by atomic mass is 10.1. The summed E-state index contributed by atoms with van der Waals surface area (Å²) >= 11 is 0. The lowest BCUT2D eigenvalue weighted by molar-refractivity contribution is 0.876. The van der Waals surface area contributed by atoms with E-state index in [4.69, 9.17) is 0 Å². The number of para-hydroxylation sites is 2. The van der Waals surface area contributed by atoms with Crippen LogP contribution in [0.3, 0.4) is 0 Å². The van der Waals surface area contributed by atoms with E-state index in [0.717, 1.165) is 33.9 Å². The molecular formula is C27H22N4. The fourth-order valence-corrected chi connectivity index (χ4v) is 3.02. The van der Waals surface area contributed by atoms with Crippen LogP contribution in [0.2, 0.25) is 0 Å². The number of rotatable bonds is 4. The number of nitrogens with zero attached hydrogens (tertiary/aromatic N) is 3. The van der Waals surface area contributed by atoms with E-state index in [9.17, 15) is 0 Å². The third-order valence-corrected chi connectivity index (χ3v) is 4.55. The molecule has 31 heavy (non-hydrogen) atoms. The topological polar surface area (TPSA) is 50.7 Å². The third kappa shape index (κ3) is 5.84. The van der Waals surface area contributed by atoms with Crippen molar-refractivity contribution in [2.24, 2.45) is 0 Å². The highest BCUT2D eigenvalue weighted by atomic mass is 15.3. The van der Waals surface area contributed by atoms with Crippen molar-refractivity contribution in [3.63, 3.8) is 0 Å². The van der Waals surface area contributed by atoms with Gasteiger partial charge in [-0.25, -0.2) is 0 Å². The first-order chi connectivity index (χ1) is 15.4. The molecule has 150 valence electrons. The molecule has 1 heterocycles. The van der Waals surface area contributed by atoms with Gasteiger partial charge in [0.15, 0.2) is 0 Å². The van der Waals surface area contributed by atoms with Gasteiger partial charge in [-0.2, -0.15) is 0 Å². The molecule has 5 aromatic rings. The molecule has 1 aromatic heterocycles. The summed E-state index contributed by atoms with van der Waals surface area (Å²) in [4.78, 5) is 0. The van der Waals surface area contributed by atoms with Crippen molar-refractivity contribution in [2.75, 3.05) is 5.32 Å². The summed E-state index contributed by atoms with van der Waals surface area (Å²) in [6.07, 6.45) is 0. The largest absolute Gasteiger partial charge is 0.356 e. The second-order valence-corrected chi connectivity index (χ2v) is 6.79. The number of anilines is 2. The molecule has 4 nitrogen and oxygen atoms in total. The molecule has 4 aromatic carbocycles. The van der Waals surface area contributed by atoms with Crippen LogP contribution in [0, 0.1) is 0 Å². The Morgan fingerprint density at radius 1 is 0.419 bits per heavy atom. The van der Waals surface area contributed by atoms with Crippen LogP contribution in [-0.4, -0.2) is 15.4 Å². The minimum absolute atomic E-state index is 0.837. The van der Waals surface area contributed by atoms with Gasteiger partial charge >= 0.3 is 0 Å². The lowest BCUT2D eigenvalue weighted by Crippen LogP contribution is -1.93. The van der Waals surface area contributed by atoms with Crippen LogP contribution in [0.25, 0.3) is 22.5 Å². The van der Waals surface area contributed by atoms with Gasteiger partial charge in [0.2, 0.25) is 0 Å². The monoisotopic (exact) mass is 402 g/mol. The second kappa shape index (κ2) is 10.5. The minimum atomic E-state index is 0.837. The molecule has 1 N–H and O–H groups in total. The first kappa shape index (κ1) is 20.0. The van der Waals surface area contributed by atoms with Crippen LogP contribution < -0.4 is 5.32 Å². The minimum Gasteiger partial charge on any atom is -0.356 e. The highest BCUT2D eigenvalue weighted by Gasteiger charge is 2.04. The zero-order valence-electron chi connectivity index (χ0n) is 17.0. The molecule has 0 unspecified atom stereocenters. The van der Waals surface area contributed by atoms with Gasteiger partial charge in [0.25, 0.3) is 0 Å². The van der Waals surface area contributed by atoms with Gasteiger partial charge in [-0.15, -0.1) is 10.2 Å². The Bertz CT molecular complexity index is 1090. The maximum Gasteiger partial charge on any atom is 0.0969 e. The van der Waals surface area contributed by atoms with Gasteiger partial charge in [0, 0.05) is 22.5 Å². The standard InChI is InChI=1S/C15H11N3.C12H11N/c1-3-7-12(8-4-1)14-11-15(17-18-16-14)13-9-5-2-6-10-13;1-3-7-11(8-4-1)13-12-9-5-2-6-10-12/h1-11H;1-10,13H. The molecule has 0 spiro atoms. The maximum absolute atomic E-state index is 4.07. The van der Waals surface area contributed by atoms with Crippen LogP contribution in [0.4, 0.5) is 11.4 Å². The number of hydrogen-bond donors (Lipinski definition) is 1. The summed E-state index contributed by atoms with van der Waals surface area (Å²) in [6.45, 7) is 0. The molecular weight excluding hydrogens is 380 g/mol. The first-order valence-electron chi connectivity index (χ1n) is 10.1. The Kier molecular flexibility index (Phi) is 6.74. The highest BCUT2D eigenvalue weighted by molar-refractivity contribution is 5.66. The van der Waals surface area contributed by atoms with Crippen LogP contribution in [0.15, 0.2) is 127 Å². The van der Waals surface area contributed by atoms with E-state index in [0.29, 0.717) is 0 Å². The van der Waals surface area contributed by atoms with Crippen molar-refractivity contribution in [2.45, 2.75) is 0 Å². The third-order valence-electron chi connectivity index (χ3n) is 4.55. The predicted molar refractivity (Wildman–Crippen MR) is 127 cm³/mol. The maximum atomic E-state index is 4.07. The smallest absolute Gasteiger partial charge is 0.0969 e. The normalized spacial score (nSPS) is 9.94. The van der Waals surface area contributed by atoms with Gasteiger partial charge in [-0.1, -0.05) is 97.1 Å². The molecule has 0 atom stereocenters. The van der Waals surface area contributed by atoms with Crippen molar-refractivity contribution in [3.8, 4) is 22.5 Å².